The van der Waals surface area contributed by atoms with Crippen molar-refractivity contribution in [3.8, 4) is 11.5 Å². The lowest BCUT2D eigenvalue weighted by molar-refractivity contribution is -0.124. The number of carbonyl (C=O) groups is 2. The molecular weight excluding hydrogens is 274 g/mol. The molecule has 1 heterocycles. The lowest BCUT2D eigenvalue weighted by Gasteiger charge is -2.23. The maximum Gasteiger partial charge on any atom is 0.243 e. The van der Waals surface area contributed by atoms with E-state index in [4.69, 9.17) is 9.47 Å². The molecule has 3 N–H and O–H groups in total. The molecule has 0 saturated carbocycles. The molecule has 2 amide bonds. The van der Waals surface area contributed by atoms with Gasteiger partial charge < -0.3 is 20.1 Å². The van der Waals surface area contributed by atoms with Crippen molar-refractivity contribution in [3.05, 3.63) is 18.2 Å². The molecule has 1 unspecified atom stereocenters. The van der Waals surface area contributed by atoms with Crippen molar-refractivity contribution in [1.29, 1.82) is 0 Å². The summed E-state index contributed by atoms with van der Waals surface area (Å²) in [5, 5.41) is 8.29. The van der Waals surface area contributed by atoms with Gasteiger partial charge in [-0.1, -0.05) is 0 Å². The second-order valence-electron chi connectivity index (χ2n) is 4.53. The standard InChI is InChI=1S/C14H19N3O4/c1-3-21-11-5-4-9(6-12(11)20-2)17-14(19)10-7-16-13(18)8-15-10/h4-6,10,15H,3,7-8H2,1-2H3,(H,16,18)(H,17,19). The Kier molecular flexibility index (Phi) is 4.99. The Morgan fingerprint density at radius 2 is 2.24 bits per heavy atom. The van der Waals surface area contributed by atoms with Gasteiger partial charge >= 0.3 is 0 Å². The van der Waals surface area contributed by atoms with Crippen LogP contribution >= 0.6 is 0 Å². The summed E-state index contributed by atoms with van der Waals surface area (Å²) in [5.41, 5.74) is 0.610. The second-order valence-corrected chi connectivity index (χ2v) is 4.53. The maximum atomic E-state index is 12.1. The molecule has 1 aliphatic rings. The molecule has 1 aliphatic heterocycles. The highest BCUT2D eigenvalue weighted by Crippen LogP contribution is 2.30. The molecule has 0 aromatic heterocycles. The first-order valence-corrected chi connectivity index (χ1v) is 6.75. The minimum atomic E-state index is -0.444. The Morgan fingerprint density at radius 3 is 2.86 bits per heavy atom. The third-order valence-electron chi connectivity index (χ3n) is 3.06. The van der Waals surface area contributed by atoms with Crippen molar-refractivity contribution in [1.82, 2.24) is 10.6 Å². The number of piperazine rings is 1. The van der Waals surface area contributed by atoms with Crippen molar-refractivity contribution >= 4 is 17.5 Å². The van der Waals surface area contributed by atoms with Gasteiger partial charge in [0, 0.05) is 18.3 Å². The van der Waals surface area contributed by atoms with Crippen LogP contribution in [-0.4, -0.2) is 44.7 Å². The third-order valence-corrected chi connectivity index (χ3v) is 3.06. The van der Waals surface area contributed by atoms with Crippen LogP contribution in [0.4, 0.5) is 5.69 Å². The normalized spacial score (nSPS) is 17.8. The van der Waals surface area contributed by atoms with Crippen molar-refractivity contribution in [2.45, 2.75) is 13.0 Å². The van der Waals surface area contributed by atoms with Crippen LogP contribution in [0.3, 0.4) is 0 Å². The smallest absolute Gasteiger partial charge is 0.243 e. The summed E-state index contributed by atoms with van der Waals surface area (Å²) >= 11 is 0. The number of methoxy groups -OCH3 is 1. The predicted octanol–water partition coefficient (Wildman–Crippen LogP) is 0.120. The number of ether oxygens (including phenoxy) is 2. The Hall–Kier alpha value is -2.28. The van der Waals surface area contributed by atoms with Gasteiger partial charge in [0.1, 0.15) is 6.04 Å². The van der Waals surface area contributed by atoms with E-state index in [1.807, 2.05) is 6.92 Å². The van der Waals surface area contributed by atoms with E-state index in [2.05, 4.69) is 16.0 Å². The number of hydrogen-bond donors (Lipinski definition) is 3. The van der Waals surface area contributed by atoms with Crippen LogP contribution in [-0.2, 0) is 9.59 Å². The lowest BCUT2D eigenvalue weighted by Crippen LogP contribution is -2.56. The Morgan fingerprint density at radius 1 is 1.43 bits per heavy atom. The predicted molar refractivity (Wildman–Crippen MR) is 77.6 cm³/mol. The average Bonchev–Trinajstić information content (AvgIpc) is 2.49. The molecule has 114 valence electrons. The summed E-state index contributed by atoms with van der Waals surface area (Å²) in [5.74, 6) is 0.864. The molecule has 7 nitrogen and oxygen atoms in total. The molecule has 7 heteroatoms. The molecule has 1 fully saturated rings. The molecule has 0 bridgehead atoms. The zero-order valence-electron chi connectivity index (χ0n) is 12.1. The van der Waals surface area contributed by atoms with E-state index >= 15 is 0 Å². The zero-order valence-corrected chi connectivity index (χ0v) is 12.1. The number of anilines is 1. The fourth-order valence-electron chi connectivity index (χ4n) is 2.00. The summed E-state index contributed by atoms with van der Waals surface area (Å²) in [7, 11) is 1.54. The van der Waals surface area contributed by atoms with Gasteiger partial charge in [-0.05, 0) is 19.1 Å². The van der Waals surface area contributed by atoms with Gasteiger partial charge in [0.15, 0.2) is 11.5 Å². The van der Waals surface area contributed by atoms with Gasteiger partial charge in [-0.3, -0.25) is 14.9 Å². The van der Waals surface area contributed by atoms with Gasteiger partial charge in [0.2, 0.25) is 11.8 Å². The highest BCUT2D eigenvalue weighted by molar-refractivity contribution is 5.96. The Balaban J connectivity index is 2.02. The van der Waals surface area contributed by atoms with E-state index in [1.165, 1.54) is 0 Å². The number of carbonyl (C=O) groups excluding carboxylic acids is 2. The van der Waals surface area contributed by atoms with E-state index < -0.39 is 6.04 Å². The van der Waals surface area contributed by atoms with Gasteiger partial charge in [0.25, 0.3) is 0 Å². The molecule has 1 atom stereocenters. The van der Waals surface area contributed by atoms with Crippen molar-refractivity contribution < 1.29 is 19.1 Å². The van der Waals surface area contributed by atoms with Crippen LogP contribution in [0.15, 0.2) is 18.2 Å². The average molecular weight is 293 g/mol. The molecule has 1 aromatic carbocycles. The summed E-state index contributed by atoms with van der Waals surface area (Å²) in [6.45, 7) is 2.84. The monoisotopic (exact) mass is 293 g/mol. The van der Waals surface area contributed by atoms with Crippen LogP contribution < -0.4 is 25.4 Å². The zero-order chi connectivity index (χ0) is 15.2. The Bertz CT molecular complexity index is 523. The molecule has 2 rings (SSSR count). The minimum Gasteiger partial charge on any atom is -0.493 e. The van der Waals surface area contributed by atoms with E-state index in [1.54, 1.807) is 25.3 Å². The van der Waals surface area contributed by atoms with Crippen molar-refractivity contribution in [3.63, 3.8) is 0 Å². The second kappa shape index (κ2) is 6.94. The summed E-state index contributed by atoms with van der Waals surface area (Å²) in [6.07, 6.45) is 0. The fraction of sp³-hybridized carbons (Fsp3) is 0.429. The van der Waals surface area contributed by atoms with E-state index in [0.29, 0.717) is 23.8 Å². The lowest BCUT2D eigenvalue weighted by atomic mass is 10.2. The Labute approximate surface area is 123 Å². The summed E-state index contributed by atoms with van der Waals surface area (Å²) in [6, 6.07) is 4.74. The van der Waals surface area contributed by atoms with Crippen LogP contribution in [0.1, 0.15) is 6.92 Å². The fourth-order valence-corrected chi connectivity index (χ4v) is 2.00. The molecule has 21 heavy (non-hydrogen) atoms. The molecule has 0 spiro atoms. The number of amides is 2. The topological polar surface area (TPSA) is 88.7 Å². The van der Waals surface area contributed by atoms with Crippen LogP contribution in [0, 0.1) is 0 Å². The largest absolute Gasteiger partial charge is 0.493 e. The minimum absolute atomic E-state index is 0.109. The maximum absolute atomic E-state index is 12.1. The number of nitrogens with one attached hydrogen (secondary N) is 3. The molecule has 1 saturated heterocycles. The number of rotatable bonds is 5. The van der Waals surface area contributed by atoms with E-state index in [-0.39, 0.29) is 24.9 Å². The highest BCUT2D eigenvalue weighted by Gasteiger charge is 2.23. The van der Waals surface area contributed by atoms with Crippen LogP contribution in [0.5, 0.6) is 11.5 Å². The third kappa shape index (κ3) is 3.85. The van der Waals surface area contributed by atoms with Gasteiger partial charge in [0.05, 0.1) is 20.3 Å². The number of benzene rings is 1. The first-order chi connectivity index (χ1) is 10.1. The SMILES string of the molecule is CCOc1ccc(NC(=O)C2CNC(=O)CN2)cc1OC. The van der Waals surface area contributed by atoms with Crippen molar-refractivity contribution in [2.75, 3.05) is 32.1 Å². The quantitative estimate of drug-likeness (QED) is 0.717. The van der Waals surface area contributed by atoms with Crippen molar-refractivity contribution in [2.24, 2.45) is 0 Å². The molecular formula is C14H19N3O4. The highest BCUT2D eigenvalue weighted by atomic mass is 16.5. The van der Waals surface area contributed by atoms with E-state index in [0.717, 1.165) is 0 Å². The van der Waals surface area contributed by atoms with Crippen LogP contribution in [0.2, 0.25) is 0 Å². The first kappa shape index (κ1) is 15.1. The van der Waals surface area contributed by atoms with Crippen LogP contribution in [0.25, 0.3) is 0 Å². The summed E-state index contributed by atoms with van der Waals surface area (Å²) in [4.78, 5) is 23.1. The van der Waals surface area contributed by atoms with E-state index in [9.17, 15) is 9.59 Å². The van der Waals surface area contributed by atoms with Gasteiger partial charge in [-0.25, -0.2) is 0 Å². The van der Waals surface area contributed by atoms with Gasteiger partial charge in [-0.15, -0.1) is 0 Å². The summed E-state index contributed by atoms with van der Waals surface area (Å²) < 4.78 is 10.6. The number of hydrogen-bond acceptors (Lipinski definition) is 5. The van der Waals surface area contributed by atoms with Gasteiger partial charge in [-0.2, -0.15) is 0 Å². The molecule has 1 aromatic rings. The molecule has 0 aliphatic carbocycles. The molecule has 0 radical (unpaired) electrons. The first-order valence-electron chi connectivity index (χ1n) is 6.75.